The van der Waals surface area contributed by atoms with Crippen molar-refractivity contribution in [1.82, 2.24) is 20.4 Å². The van der Waals surface area contributed by atoms with E-state index in [0.29, 0.717) is 11.4 Å². The Labute approximate surface area is 168 Å². The number of aliphatic hydroxyl groups excluding tert-OH is 1. The topological polar surface area (TPSA) is 91.5 Å². The van der Waals surface area contributed by atoms with E-state index in [4.69, 9.17) is 5.11 Å². The number of aryl methyl sites for hydroxylation is 2. The van der Waals surface area contributed by atoms with Crippen molar-refractivity contribution in [2.75, 3.05) is 6.61 Å². The van der Waals surface area contributed by atoms with Crippen LogP contribution in [0.15, 0.2) is 59.4 Å². The van der Waals surface area contributed by atoms with Crippen LogP contribution in [0.4, 0.5) is 5.69 Å². The normalized spacial score (nSPS) is 16.6. The van der Waals surface area contributed by atoms with Crippen molar-refractivity contribution in [2.45, 2.75) is 26.3 Å². The number of hydrogen-bond donors (Lipinski definition) is 3. The molecule has 3 N–H and O–H groups in total. The Morgan fingerprint density at radius 1 is 1.21 bits per heavy atom. The van der Waals surface area contributed by atoms with Gasteiger partial charge in [0.2, 0.25) is 0 Å². The Bertz CT molecular complexity index is 1110. The maximum absolute atomic E-state index is 12.4. The Kier molecular flexibility index (Phi) is 5.39. The highest BCUT2D eigenvalue weighted by atomic mass is 16.3. The second-order valence-electron chi connectivity index (χ2n) is 7.02. The summed E-state index contributed by atoms with van der Waals surface area (Å²) in [5, 5.41) is 10.0. The third kappa shape index (κ3) is 4.05. The zero-order chi connectivity index (χ0) is 20.2. The van der Waals surface area contributed by atoms with E-state index in [1.165, 1.54) is 0 Å². The van der Waals surface area contributed by atoms with E-state index in [2.05, 4.69) is 25.4 Å². The number of amidine groups is 1. The predicted octanol–water partition coefficient (Wildman–Crippen LogP) is 2.87. The summed E-state index contributed by atoms with van der Waals surface area (Å²) in [6.45, 7) is 2.94. The van der Waals surface area contributed by atoms with Gasteiger partial charge < -0.3 is 9.67 Å². The summed E-state index contributed by atoms with van der Waals surface area (Å²) >= 11 is 0. The molecule has 4 rings (SSSR count). The van der Waals surface area contributed by atoms with E-state index in [9.17, 15) is 4.79 Å². The Balaban J connectivity index is 1.73. The zero-order valence-corrected chi connectivity index (χ0v) is 16.2. The molecular weight excluding hydrogens is 366 g/mol. The molecule has 1 aliphatic heterocycles. The maximum atomic E-state index is 12.4. The van der Waals surface area contributed by atoms with Crippen molar-refractivity contribution in [1.29, 1.82) is 0 Å². The summed E-state index contributed by atoms with van der Waals surface area (Å²) in [6, 6.07) is 11.7. The molecule has 1 saturated heterocycles. The molecule has 3 aromatic rings. The van der Waals surface area contributed by atoms with Crippen LogP contribution in [0, 0.1) is 6.92 Å². The molecule has 0 aliphatic carbocycles. The molecule has 0 spiro atoms. The average Bonchev–Trinajstić information content (AvgIpc) is 3.24. The summed E-state index contributed by atoms with van der Waals surface area (Å²) in [4.78, 5) is 21.5. The minimum Gasteiger partial charge on any atom is -0.396 e. The molecule has 0 saturated carbocycles. The molecule has 0 radical (unpaired) electrons. The highest BCUT2D eigenvalue weighted by Gasteiger charge is 2.24. The van der Waals surface area contributed by atoms with Crippen LogP contribution in [-0.2, 0) is 11.3 Å². The number of carbonyl (C=O) groups excluding carboxylic acids is 1. The quantitative estimate of drug-likeness (QED) is 0.447. The van der Waals surface area contributed by atoms with Gasteiger partial charge in [-0.3, -0.25) is 15.6 Å². The molecule has 29 heavy (non-hydrogen) atoms. The molecule has 0 atom stereocenters. The van der Waals surface area contributed by atoms with Gasteiger partial charge in [-0.15, -0.1) is 0 Å². The lowest BCUT2D eigenvalue weighted by Gasteiger charge is -2.02. The van der Waals surface area contributed by atoms with Crippen molar-refractivity contribution in [3.05, 3.63) is 65.5 Å². The fourth-order valence-corrected chi connectivity index (χ4v) is 3.39. The number of rotatable bonds is 6. The number of carbonyl (C=O) groups is 1. The molecule has 148 valence electrons. The molecular formula is C22H23N5O2. The van der Waals surface area contributed by atoms with E-state index < -0.39 is 0 Å². The predicted molar refractivity (Wildman–Crippen MR) is 114 cm³/mol. The molecule has 0 bridgehead atoms. The van der Waals surface area contributed by atoms with Gasteiger partial charge in [-0.25, -0.2) is 9.98 Å². The van der Waals surface area contributed by atoms with E-state index in [-0.39, 0.29) is 12.5 Å². The van der Waals surface area contributed by atoms with Gasteiger partial charge in [0.1, 0.15) is 5.65 Å². The number of nitrogens with zero attached hydrogens (tertiary/aromatic N) is 3. The van der Waals surface area contributed by atoms with Crippen molar-refractivity contribution >= 4 is 34.5 Å². The van der Waals surface area contributed by atoms with Crippen molar-refractivity contribution in [2.24, 2.45) is 4.99 Å². The third-order valence-corrected chi connectivity index (χ3v) is 4.81. The number of hydrazine groups is 1. The van der Waals surface area contributed by atoms with Crippen LogP contribution < -0.4 is 10.9 Å². The van der Waals surface area contributed by atoms with Gasteiger partial charge in [0, 0.05) is 36.5 Å². The fourth-order valence-electron chi connectivity index (χ4n) is 3.39. The van der Waals surface area contributed by atoms with Gasteiger partial charge in [-0.2, -0.15) is 0 Å². The number of aliphatic imine (C=N–C) groups is 1. The van der Waals surface area contributed by atoms with E-state index in [1.54, 1.807) is 6.20 Å². The zero-order valence-electron chi connectivity index (χ0n) is 16.2. The van der Waals surface area contributed by atoms with Crippen LogP contribution in [0.5, 0.6) is 0 Å². The van der Waals surface area contributed by atoms with E-state index >= 15 is 0 Å². The van der Waals surface area contributed by atoms with Crippen LogP contribution in [0.1, 0.15) is 24.0 Å². The standard InChI is InChI=1S/C22H23N5O2/c1-15-6-4-7-17(12-15)24-20-19(22(29)26-25-20)13-16-14-27(10-2-3-11-28)21-18(16)8-5-9-23-21/h4-9,12-14,28H,2-3,10-11H2,1H3,(H,24,25)(H,26,29)/b19-13+. The van der Waals surface area contributed by atoms with Crippen LogP contribution in [0.2, 0.25) is 0 Å². The molecule has 1 fully saturated rings. The van der Waals surface area contributed by atoms with Gasteiger partial charge in [0.05, 0.1) is 11.3 Å². The monoisotopic (exact) mass is 389 g/mol. The second kappa shape index (κ2) is 8.28. The molecule has 3 heterocycles. The summed E-state index contributed by atoms with van der Waals surface area (Å²) in [6.07, 6.45) is 7.20. The van der Waals surface area contributed by atoms with E-state index in [1.807, 2.05) is 55.6 Å². The lowest BCUT2D eigenvalue weighted by molar-refractivity contribution is -0.116. The Hall–Kier alpha value is -3.45. The Morgan fingerprint density at radius 3 is 2.93 bits per heavy atom. The maximum Gasteiger partial charge on any atom is 0.273 e. The van der Waals surface area contributed by atoms with Crippen molar-refractivity contribution in [3.63, 3.8) is 0 Å². The molecule has 1 amide bonds. The molecule has 0 unspecified atom stereocenters. The van der Waals surface area contributed by atoms with Gasteiger partial charge >= 0.3 is 0 Å². The number of pyridine rings is 1. The highest BCUT2D eigenvalue weighted by molar-refractivity contribution is 6.28. The average molecular weight is 389 g/mol. The largest absolute Gasteiger partial charge is 0.396 e. The van der Waals surface area contributed by atoms with Gasteiger partial charge in [-0.05, 0) is 55.7 Å². The number of benzene rings is 1. The number of fused-ring (bicyclic) bond motifs is 1. The molecule has 1 aromatic carbocycles. The first kappa shape index (κ1) is 18.9. The van der Waals surface area contributed by atoms with Gasteiger partial charge in [0.15, 0.2) is 5.84 Å². The van der Waals surface area contributed by atoms with Crippen molar-refractivity contribution < 1.29 is 9.90 Å². The Morgan fingerprint density at radius 2 is 2.10 bits per heavy atom. The number of aliphatic hydroxyl groups is 1. The lowest BCUT2D eigenvalue weighted by Crippen LogP contribution is -2.28. The number of aromatic nitrogens is 2. The number of nitrogens with one attached hydrogen (secondary N) is 2. The van der Waals surface area contributed by atoms with E-state index in [0.717, 1.165) is 47.2 Å². The lowest BCUT2D eigenvalue weighted by atomic mass is 10.1. The van der Waals surface area contributed by atoms with Crippen LogP contribution in [0.25, 0.3) is 17.1 Å². The van der Waals surface area contributed by atoms with Crippen molar-refractivity contribution in [3.8, 4) is 0 Å². The van der Waals surface area contributed by atoms with Gasteiger partial charge in [0.25, 0.3) is 5.91 Å². The summed E-state index contributed by atoms with van der Waals surface area (Å²) in [5.74, 6) is 0.271. The van der Waals surface area contributed by atoms with Crippen LogP contribution in [-0.4, -0.2) is 33.0 Å². The molecule has 7 nitrogen and oxygen atoms in total. The smallest absolute Gasteiger partial charge is 0.273 e. The minimum absolute atomic E-state index is 0.175. The number of hydrogen-bond acceptors (Lipinski definition) is 4. The van der Waals surface area contributed by atoms with Gasteiger partial charge in [-0.1, -0.05) is 12.1 Å². The first-order chi connectivity index (χ1) is 14.2. The first-order valence-electron chi connectivity index (χ1n) is 9.64. The number of amides is 1. The fraction of sp³-hybridized carbons (Fsp3) is 0.227. The SMILES string of the molecule is Cc1cccc(N=C2NNC(=O)/C2=C/c2cn(CCCCO)c3ncccc23)c1. The second-order valence-corrected chi connectivity index (χ2v) is 7.02. The van der Waals surface area contributed by atoms with Crippen LogP contribution in [0.3, 0.4) is 0 Å². The summed E-state index contributed by atoms with van der Waals surface area (Å²) < 4.78 is 2.06. The minimum atomic E-state index is -0.221. The first-order valence-corrected chi connectivity index (χ1v) is 9.64. The summed E-state index contributed by atoms with van der Waals surface area (Å²) in [5.41, 5.74) is 9.63. The molecule has 2 aromatic heterocycles. The highest BCUT2D eigenvalue weighted by Crippen LogP contribution is 2.24. The third-order valence-electron chi connectivity index (χ3n) is 4.81. The summed E-state index contributed by atoms with van der Waals surface area (Å²) in [7, 11) is 0. The van der Waals surface area contributed by atoms with Crippen LogP contribution >= 0.6 is 0 Å². The molecule has 1 aliphatic rings. The molecule has 7 heteroatoms. The number of unbranched alkanes of at least 4 members (excludes halogenated alkanes) is 1.